The van der Waals surface area contributed by atoms with Gasteiger partial charge < -0.3 is 15.1 Å². The molecule has 0 bridgehead atoms. The van der Waals surface area contributed by atoms with Crippen molar-refractivity contribution in [1.82, 2.24) is 10.6 Å². The van der Waals surface area contributed by atoms with E-state index in [0.717, 1.165) is 6.42 Å². The van der Waals surface area contributed by atoms with E-state index in [2.05, 4.69) is 24.5 Å². The molecule has 100 valence electrons. The molecule has 5 heteroatoms. The molecule has 0 radical (unpaired) electrons. The molecule has 0 aliphatic rings. The molecule has 0 atom stereocenters. The fourth-order valence-corrected chi connectivity index (χ4v) is 1.38. The van der Waals surface area contributed by atoms with E-state index < -0.39 is 0 Å². The molecule has 2 N–H and O–H groups in total. The minimum atomic E-state index is -0.267. The van der Waals surface area contributed by atoms with Crippen LogP contribution in [0.25, 0.3) is 0 Å². The van der Waals surface area contributed by atoms with Gasteiger partial charge in [0.1, 0.15) is 0 Å². The molecule has 18 heavy (non-hydrogen) atoms. The van der Waals surface area contributed by atoms with Gasteiger partial charge in [-0.1, -0.05) is 13.8 Å². The Hall–Kier alpha value is -1.78. The lowest BCUT2D eigenvalue weighted by Crippen LogP contribution is -2.34. The topological polar surface area (TPSA) is 71.3 Å². The van der Waals surface area contributed by atoms with E-state index in [-0.39, 0.29) is 17.6 Å². The van der Waals surface area contributed by atoms with Crippen LogP contribution >= 0.6 is 0 Å². The van der Waals surface area contributed by atoms with Gasteiger partial charge in [0.05, 0.1) is 6.26 Å². The number of hydrogen-bond acceptors (Lipinski definition) is 3. The van der Waals surface area contributed by atoms with E-state index >= 15 is 0 Å². The van der Waals surface area contributed by atoms with Gasteiger partial charge in [-0.05, 0) is 24.5 Å². The van der Waals surface area contributed by atoms with Crippen molar-refractivity contribution >= 4 is 11.8 Å². The number of nitrogens with one attached hydrogen (secondary N) is 2. The Morgan fingerprint density at radius 2 is 2.00 bits per heavy atom. The van der Waals surface area contributed by atoms with Gasteiger partial charge >= 0.3 is 0 Å². The van der Waals surface area contributed by atoms with E-state index in [1.54, 1.807) is 12.1 Å². The number of rotatable bonds is 7. The van der Waals surface area contributed by atoms with Crippen LogP contribution in [0.5, 0.6) is 0 Å². The predicted molar refractivity (Wildman–Crippen MR) is 68.1 cm³/mol. The van der Waals surface area contributed by atoms with Crippen LogP contribution < -0.4 is 10.6 Å². The van der Waals surface area contributed by atoms with Crippen LogP contribution in [-0.4, -0.2) is 24.9 Å². The maximum Gasteiger partial charge on any atom is 0.287 e. The highest BCUT2D eigenvalue weighted by molar-refractivity contribution is 5.91. The molecular weight excluding hydrogens is 232 g/mol. The predicted octanol–water partition coefficient (Wildman–Crippen LogP) is 1.56. The van der Waals surface area contributed by atoms with E-state index in [1.165, 1.54) is 6.26 Å². The lowest BCUT2D eigenvalue weighted by atomic mass is 10.1. The second kappa shape index (κ2) is 7.53. The molecular formula is C13H20N2O3. The second-order valence-corrected chi connectivity index (χ2v) is 4.52. The van der Waals surface area contributed by atoms with Crippen molar-refractivity contribution in [3.8, 4) is 0 Å². The Kier molecular flexibility index (Phi) is 5.97. The van der Waals surface area contributed by atoms with E-state index in [1.807, 2.05) is 0 Å². The van der Waals surface area contributed by atoms with E-state index in [4.69, 9.17) is 4.42 Å². The average Bonchev–Trinajstić information content (AvgIpc) is 2.85. The van der Waals surface area contributed by atoms with Crippen molar-refractivity contribution in [2.24, 2.45) is 5.92 Å². The quantitative estimate of drug-likeness (QED) is 0.723. The van der Waals surface area contributed by atoms with Gasteiger partial charge in [0.2, 0.25) is 5.91 Å². The molecule has 0 unspecified atom stereocenters. The summed E-state index contributed by atoms with van der Waals surface area (Å²) in [6.45, 7) is 4.99. The molecule has 1 heterocycles. The fraction of sp³-hybridized carbons (Fsp3) is 0.538. The largest absolute Gasteiger partial charge is 0.459 e. The molecule has 0 saturated heterocycles. The van der Waals surface area contributed by atoms with Crippen molar-refractivity contribution in [1.29, 1.82) is 0 Å². The Labute approximate surface area is 107 Å². The van der Waals surface area contributed by atoms with Crippen LogP contribution in [0.2, 0.25) is 0 Å². The maximum absolute atomic E-state index is 11.4. The van der Waals surface area contributed by atoms with Crippen LogP contribution in [0.15, 0.2) is 22.8 Å². The van der Waals surface area contributed by atoms with Crippen LogP contribution in [-0.2, 0) is 4.79 Å². The van der Waals surface area contributed by atoms with E-state index in [0.29, 0.717) is 25.4 Å². The minimum absolute atomic E-state index is 0.0240. The molecule has 0 aliphatic carbocycles. The maximum atomic E-state index is 11.4. The Balaban J connectivity index is 2.08. The van der Waals surface area contributed by atoms with Crippen molar-refractivity contribution < 1.29 is 14.0 Å². The zero-order valence-corrected chi connectivity index (χ0v) is 10.9. The SMILES string of the molecule is CC(C)CCC(=O)NCCNC(=O)c1ccco1. The lowest BCUT2D eigenvalue weighted by Gasteiger charge is -2.07. The van der Waals surface area contributed by atoms with Crippen LogP contribution in [0.1, 0.15) is 37.2 Å². The summed E-state index contributed by atoms with van der Waals surface area (Å²) in [5.74, 6) is 0.558. The van der Waals surface area contributed by atoms with Gasteiger partial charge in [-0.2, -0.15) is 0 Å². The number of amides is 2. The first-order valence-corrected chi connectivity index (χ1v) is 6.18. The molecule has 2 amide bonds. The van der Waals surface area contributed by atoms with E-state index in [9.17, 15) is 9.59 Å². The first-order valence-electron chi connectivity index (χ1n) is 6.18. The first-order chi connectivity index (χ1) is 8.59. The van der Waals surface area contributed by atoms with Gasteiger partial charge in [-0.15, -0.1) is 0 Å². The highest BCUT2D eigenvalue weighted by atomic mass is 16.3. The minimum Gasteiger partial charge on any atom is -0.459 e. The van der Waals surface area contributed by atoms with Gasteiger partial charge in [-0.25, -0.2) is 0 Å². The summed E-state index contributed by atoms with van der Waals surface area (Å²) in [6, 6.07) is 3.25. The zero-order chi connectivity index (χ0) is 13.4. The van der Waals surface area contributed by atoms with Crippen molar-refractivity contribution in [2.45, 2.75) is 26.7 Å². The third-order valence-electron chi connectivity index (χ3n) is 2.43. The van der Waals surface area contributed by atoms with Gasteiger partial charge in [0.25, 0.3) is 5.91 Å². The molecule has 0 aliphatic heterocycles. The summed E-state index contributed by atoms with van der Waals surface area (Å²) >= 11 is 0. The number of carbonyl (C=O) groups excluding carboxylic acids is 2. The van der Waals surface area contributed by atoms with Gasteiger partial charge in [0, 0.05) is 19.5 Å². The van der Waals surface area contributed by atoms with Crippen LogP contribution in [0, 0.1) is 5.92 Å². The van der Waals surface area contributed by atoms with Gasteiger partial charge in [-0.3, -0.25) is 9.59 Å². The molecule has 1 rings (SSSR count). The molecule has 1 aromatic heterocycles. The highest BCUT2D eigenvalue weighted by Crippen LogP contribution is 2.02. The fourth-order valence-electron chi connectivity index (χ4n) is 1.38. The summed E-state index contributed by atoms with van der Waals surface area (Å²) in [5.41, 5.74) is 0. The summed E-state index contributed by atoms with van der Waals surface area (Å²) in [6.07, 6.45) is 2.86. The summed E-state index contributed by atoms with van der Waals surface area (Å²) in [7, 11) is 0. The Morgan fingerprint density at radius 3 is 2.61 bits per heavy atom. The van der Waals surface area contributed by atoms with Crippen molar-refractivity contribution in [2.75, 3.05) is 13.1 Å². The molecule has 1 aromatic rings. The summed E-state index contributed by atoms with van der Waals surface area (Å²) in [4.78, 5) is 22.8. The Bertz CT molecular complexity index is 372. The van der Waals surface area contributed by atoms with Gasteiger partial charge in [0.15, 0.2) is 5.76 Å². The summed E-state index contributed by atoms with van der Waals surface area (Å²) < 4.78 is 4.94. The number of carbonyl (C=O) groups is 2. The molecule has 5 nitrogen and oxygen atoms in total. The number of furan rings is 1. The smallest absolute Gasteiger partial charge is 0.287 e. The van der Waals surface area contributed by atoms with Crippen molar-refractivity contribution in [3.05, 3.63) is 24.2 Å². The van der Waals surface area contributed by atoms with Crippen molar-refractivity contribution in [3.63, 3.8) is 0 Å². The highest BCUT2D eigenvalue weighted by Gasteiger charge is 2.07. The third-order valence-corrected chi connectivity index (χ3v) is 2.43. The van der Waals surface area contributed by atoms with Crippen LogP contribution in [0.3, 0.4) is 0 Å². The lowest BCUT2D eigenvalue weighted by molar-refractivity contribution is -0.121. The second-order valence-electron chi connectivity index (χ2n) is 4.52. The standard InChI is InChI=1S/C13H20N2O3/c1-10(2)5-6-12(16)14-7-8-15-13(17)11-4-3-9-18-11/h3-4,9-10H,5-8H2,1-2H3,(H,14,16)(H,15,17). The monoisotopic (exact) mass is 252 g/mol. The third kappa shape index (κ3) is 5.52. The Morgan fingerprint density at radius 1 is 1.28 bits per heavy atom. The number of hydrogen-bond donors (Lipinski definition) is 2. The van der Waals surface area contributed by atoms with Crippen LogP contribution in [0.4, 0.5) is 0 Å². The average molecular weight is 252 g/mol. The normalized spacial score (nSPS) is 10.4. The first kappa shape index (κ1) is 14.3. The molecule has 0 spiro atoms. The summed E-state index contributed by atoms with van der Waals surface area (Å²) in [5, 5.41) is 5.41. The molecule has 0 saturated carbocycles. The molecule has 0 fully saturated rings. The molecule has 0 aromatic carbocycles. The zero-order valence-electron chi connectivity index (χ0n) is 10.9.